The Morgan fingerprint density at radius 2 is 2.27 bits per heavy atom. The van der Waals surface area contributed by atoms with E-state index in [9.17, 15) is 0 Å². The molecule has 2 heterocycles. The summed E-state index contributed by atoms with van der Waals surface area (Å²) in [7, 11) is 0. The molecule has 0 saturated carbocycles. The molecule has 0 bridgehead atoms. The lowest BCUT2D eigenvalue weighted by molar-refractivity contribution is 0.315. The van der Waals surface area contributed by atoms with Gasteiger partial charge in [-0.25, -0.2) is 0 Å². The van der Waals surface area contributed by atoms with E-state index in [0.717, 1.165) is 18.9 Å². The van der Waals surface area contributed by atoms with E-state index in [4.69, 9.17) is 4.74 Å². The van der Waals surface area contributed by atoms with Crippen molar-refractivity contribution in [1.29, 1.82) is 0 Å². The molecule has 1 unspecified atom stereocenters. The number of ether oxygens (including phenoxy) is 1. The molecular weight excluding hydrogens is 188 g/mol. The van der Waals surface area contributed by atoms with Crippen LogP contribution in [0.3, 0.4) is 0 Å². The summed E-state index contributed by atoms with van der Waals surface area (Å²) in [6.45, 7) is 1.66. The van der Waals surface area contributed by atoms with Crippen LogP contribution >= 0.6 is 0 Å². The number of aromatic nitrogens is 2. The Kier molecular flexibility index (Phi) is 1.95. The summed E-state index contributed by atoms with van der Waals surface area (Å²) < 4.78 is 7.57. The van der Waals surface area contributed by atoms with E-state index >= 15 is 0 Å². The maximum Gasteiger partial charge on any atom is 0.122 e. The van der Waals surface area contributed by atoms with Gasteiger partial charge in [0.15, 0.2) is 0 Å². The third-order valence-electron chi connectivity index (χ3n) is 2.77. The van der Waals surface area contributed by atoms with Crippen LogP contribution in [0.25, 0.3) is 0 Å². The summed E-state index contributed by atoms with van der Waals surface area (Å²) in [4.78, 5) is 0. The smallest absolute Gasteiger partial charge is 0.122 e. The summed E-state index contributed by atoms with van der Waals surface area (Å²) in [6, 6.07) is 10.2. The van der Waals surface area contributed by atoms with Crippen LogP contribution in [0.2, 0.25) is 0 Å². The van der Waals surface area contributed by atoms with Crippen molar-refractivity contribution < 1.29 is 4.74 Å². The molecule has 1 aromatic carbocycles. The van der Waals surface area contributed by atoms with E-state index in [0.29, 0.717) is 5.92 Å². The molecule has 1 atom stereocenters. The highest BCUT2D eigenvalue weighted by Gasteiger charge is 2.23. The molecule has 0 aliphatic carbocycles. The Hall–Kier alpha value is -1.77. The molecule has 3 heteroatoms. The largest absolute Gasteiger partial charge is 0.493 e. The number of nitrogens with zero attached hydrogens (tertiary/aromatic N) is 2. The molecule has 1 aromatic heterocycles. The zero-order valence-electron chi connectivity index (χ0n) is 8.34. The molecule has 2 aromatic rings. The maximum atomic E-state index is 5.62. The number of hydrogen-bond acceptors (Lipinski definition) is 2. The summed E-state index contributed by atoms with van der Waals surface area (Å²) in [5, 5.41) is 4.21. The van der Waals surface area contributed by atoms with Gasteiger partial charge in [-0.1, -0.05) is 18.2 Å². The molecule has 0 spiro atoms. The van der Waals surface area contributed by atoms with Crippen LogP contribution in [-0.2, 0) is 6.54 Å². The summed E-state index contributed by atoms with van der Waals surface area (Å²) in [6.07, 6.45) is 3.79. The van der Waals surface area contributed by atoms with Gasteiger partial charge in [-0.15, -0.1) is 0 Å². The standard InChI is InChI=1S/C12H12N2O/c1-2-5-12-11(4-1)10(9-15-12)8-14-7-3-6-13-14/h1-7,10H,8-9H2. The van der Waals surface area contributed by atoms with Gasteiger partial charge in [-0.3, -0.25) is 4.68 Å². The minimum absolute atomic E-state index is 0.432. The minimum atomic E-state index is 0.432. The van der Waals surface area contributed by atoms with Gasteiger partial charge in [0.05, 0.1) is 13.2 Å². The first-order valence-corrected chi connectivity index (χ1v) is 5.12. The average Bonchev–Trinajstić information content (AvgIpc) is 2.89. The van der Waals surface area contributed by atoms with Crippen LogP contribution in [-0.4, -0.2) is 16.4 Å². The van der Waals surface area contributed by atoms with Gasteiger partial charge in [0.1, 0.15) is 5.75 Å². The molecule has 0 N–H and O–H groups in total. The first-order chi connectivity index (χ1) is 7.43. The second kappa shape index (κ2) is 3.42. The lowest BCUT2D eigenvalue weighted by atomic mass is 10.0. The Morgan fingerprint density at radius 1 is 1.33 bits per heavy atom. The van der Waals surface area contributed by atoms with Crippen molar-refractivity contribution in [3.63, 3.8) is 0 Å². The third-order valence-corrected chi connectivity index (χ3v) is 2.77. The van der Waals surface area contributed by atoms with Crippen molar-refractivity contribution >= 4 is 0 Å². The topological polar surface area (TPSA) is 27.1 Å². The monoisotopic (exact) mass is 200 g/mol. The van der Waals surface area contributed by atoms with Crippen molar-refractivity contribution in [2.45, 2.75) is 12.5 Å². The van der Waals surface area contributed by atoms with Gasteiger partial charge in [0.25, 0.3) is 0 Å². The molecular formula is C12H12N2O. The Bertz CT molecular complexity index is 450. The average molecular weight is 200 g/mol. The number of fused-ring (bicyclic) bond motifs is 1. The summed E-state index contributed by atoms with van der Waals surface area (Å²) in [5.74, 6) is 1.45. The lowest BCUT2D eigenvalue weighted by Crippen LogP contribution is -2.10. The van der Waals surface area contributed by atoms with Crippen molar-refractivity contribution in [1.82, 2.24) is 9.78 Å². The summed E-state index contributed by atoms with van der Waals surface area (Å²) in [5.41, 5.74) is 1.30. The molecule has 0 amide bonds. The minimum Gasteiger partial charge on any atom is -0.493 e. The fourth-order valence-corrected chi connectivity index (χ4v) is 2.01. The third kappa shape index (κ3) is 1.50. The predicted molar refractivity (Wildman–Crippen MR) is 56.9 cm³/mol. The van der Waals surface area contributed by atoms with Crippen LogP contribution in [0.5, 0.6) is 5.75 Å². The van der Waals surface area contributed by atoms with E-state index in [1.807, 2.05) is 35.3 Å². The predicted octanol–water partition coefficient (Wildman–Crippen LogP) is 2.06. The normalized spacial score (nSPS) is 18.5. The molecule has 0 radical (unpaired) electrons. The van der Waals surface area contributed by atoms with Crippen molar-refractivity contribution in [2.75, 3.05) is 6.61 Å². The molecule has 1 aliphatic rings. The summed E-state index contributed by atoms with van der Waals surface area (Å²) >= 11 is 0. The van der Waals surface area contributed by atoms with E-state index in [1.54, 1.807) is 0 Å². The fourth-order valence-electron chi connectivity index (χ4n) is 2.01. The van der Waals surface area contributed by atoms with Gasteiger partial charge in [-0.05, 0) is 12.1 Å². The molecule has 1 aliphatic heterocycles. The van der Waals surface area contributed by atoms with Gasteiger partial charge in [-0.2, -0.15) is 5.10 Å². The Labute approximate surface area is 88.3 Å². The number of para-hydroxylation sites is 1. The quantitative estimate of drug-likeness (QED) is 0.742. The number of hydrogen-bond donors (Lipinski definition) is 0. The van der Waals surface area contributed by atoms with Crippen molar-refractivity contribution in [2.24, 2.45) is 0 Å². The Morgan fingerprint density at radius 3 is 3.13 bits per heavy atom. The van der Waals surface area contributed by atoms with Crippen LogP contribution in [0, 0.1) is 0 Å². The van der Waals surface area contributed by atoms with E-state index in [-0.39, 0.29) is 0 Å². The van der Waals surface area contributed by atoms with E-state index in [1.165, 1.54) is 5.56 Å². The van der Waals surface area contributed by atoms with Gasteiger partial charge < -0.3 is 4.74 Å². The highest BCUT2D eigenvalue weighted by atomic mass is 16.5. The second-order valence-electron chi connectivity index (χ2n) is 3.77. The first-order valence-electron chi connectivity index (χ1n) is 5.12. The zero-order valence-corrected chi connectivity index (χ0v) is 8.34. The van der Waals surface area contributed by atoms with Gasteiger partial charge in [0, 0.05) is 23.9 Å². The van der Waals surface area contributed by atoms with Crippen LogP contribution < -0.4 is 4.74 Å². The number of benzene rings is 1. The highest BCUT2D eigenvalue weighted by molar-refractivity contribution is 5.39. The second-order valence-corrected chi connectivity index (χ2v) is 3.77. The van der Waals surface area contributed by atoms with Crippen molar-refractivity contribution in [3.05, 3.63) is 48.3 Å². The molecule has 0 fully saturated rings. The van der Waals surface area contributed by atoms with E-state index in [2.05, 4.69) is 17.2 Å². The zero-order chi connectivity index (χ0) is 10.1. The molecule has 3 rings (SSSR count). The van der Waals surface area contributed by atoms with Crippen LogP contribution in [0.1, 0.15) is 11.5 Å². The lowest BCUT2D eigenvalue weighted by Gasteiger charge is -2.08. The Balaban J connectivity index is 1.85. The molecule has 15 heavy (non-hydrogen) atoms. The number of rotatable bonds is 2. The van der Waals surface area contributed by atoms with E-state index < -0.39 is 0 Å². The molecule has 76 valence electrons. The SMILES string of the molecule is c1ccc2c(c1)OCC2Cn1cccn1. The van der Waals surface area contributed by atoms with Gasteiger partial charge >= 0.3 is 0 Å². The fraction of sp³-hybridized carbons (Fsp3) is 0.250. The first kappa shape index (κ1) is 8.53. The molecule has 0 saturated heterocycles. The van der Waals surface area contributed by atoms with Crippen LogP contribution in [0.4, 0.5) is 0 Å². The van der Waals surface area contributed by atoms with Crippen molar-refractivity contribution in [3.8, 4) is 5.75 Å². The highest BCUT2D eigenvalue weighted by Crippen LogP contribution is 2.34. The maximum absolute atomic E-state index is 5.62. The molecule has 3 nitrogen and oxygen atoms in total. The van der Waals surface area contributed by atoms with Crippen LogP contribution in [0.15, 0.2) is 42.7 Å². The van der Waals surface area contributed by atoms with Gasteiger partial charge in [0.2, 0.25) is 0 Å².